The Morgan fingerprint density at radius 1 is 1.05 bits per heavy atom. The van der Waals surface area contributed by atoms with Gasteiger partial charge in [0.15, 0.2) is 0 Å². The summed E-state index contributed by atoms with van der Waals surface area (Å²) in [4.78, 5) is 12.4. The van der Waals surface area contributed by atoms with Gasteiger partial charge in [-0.15, -0.1) is 0 Å². The van der Waals surface area contributed by atoms with E-state index in [4.69, 9.17) is 4.74 Å². The summed E-state index contributed by atoms with van der Waals surface area (Å²) in [5.74, 6) is 0.643. The summed E-state index contributed by atoms with van der Waals surface area (Å²) in [5, 5.41) is 5.99. The Balaban J connectivity index is 2.26. The van der Waals surface area contributed by atoms with Crippen molar-refractivity contribution in [2.45, 2.75) is 13.8 Å². The average molecular weight is 284 g/mol. The molecule has 2 aromatic carbocycles. The molecule has 2 rings (SSSR count). The van der Waals surface area contributed by atoms with Crippen molar-refractivity contribution in [2.75, 3.05) is 24.8 Å². The third kappa shape index (κ3) is 3.34. The fourth-order valence-electron chi connectivity index (χ4n) is 2.16. The lowest BCUT2D eigenvalue weighted by molar-refractivity contribution is 0.102. The number of methoxy groups -OCH3 is 1. The number of ether oxygens (including phenoxy) is 1. The topological polar surface area (TPSA) is 50.4 Å². The van der Waals surface area contributed by atoms with Crippen LogP contribution in [0.5, 0.6) is 5.75 Å². The van der Waals surface area contributed by atoms with E-state index in [1.165, 1.54) is 0 Å². The summed E-state index contributed by atoms with van der Waals surface area (Å²) in [6.07, 6.45) is 0. The maximum atomic E-state index is 12.4. The van der Waals surface area contributed by atoms with E-state index in [9.17, 15) is 4.79 Å². The van der Waals surface area contributed by atoms with Gasteiger partial charge in [0.1, 0.15) is 5.75 Å². The summed E-state index contributed by atoms with van der Waals surface area (Å²) in [6, 6.07) is 11.3. The van der Waals surface area contributed by atoms with Crippen LogP contribution >= 0.6 is 0 Å². The Bertz CT molecular complexity index is 666. The molecule has 21 heavy (non-hydrogen) atoms. The number of anilines is 2. The van der Waals surface area contributed by atoms with Gasteiger partial charge in [-0.05, 0) is 55.3 Å². The molecule has 0 bridgehead atoms. The molecule has 0 unspecified atom stereocenters. The fourth-order valence-corrected chi connectivity index (χ4v) is 2.16. The molecule has 0 spiro atoms. The lowest BCUT2D eigenvalue weighted by Gasteiger charge is -2.13. The molecule has 0 aromatic heterocycles. The van der Waals surface area contributed by atoms with Gasteiger partial charge in [0.25, 0.3) is 5.91 Å². The van der Waals surface area contributed by atoms with E-state index >= 15 is 0 Å². The van der Waals surface area contributed by atoms with Gasteiger partial charge < -0.3 is 15.4 Å². The highest BCUT2D eigenvalue weighted by Crippen LogP contribution is 2.23. The molecule has 0 aliphatic rings. The zero-order valence-corrected chi connectivity index (χ0v) is 12.8. The molecule has 110 valence electrons. The van der Waals surface area contributed by atoms with Crippen LogP contribution in [0.4, 0.5) is 11.4 Å². The second-order valence-electron chi connectivity index (χ2n) is 4.93. The van der Waals surface area contributed by atoms with Gasteiger partial charge in [0.2, 0.25) is 0 Å². The van der Waals surface area contributed by atoms with Crippen LogP contribution in [0.25, 0.3) is 0 Å². The van der Waals surface area contributed by atoms with Crippen LogP contribution < -0.4 is 15.4 Å². The lowest BCUT2D eigenvalue weighted by atomic mass is 10.1. The van der Waals surface area contributed by atoms with Crippen molar-refractivity contribution in [1.82, 2.24) is 0 Å². The van der Waals surface area contributed by atoms with E-state index in [0.29, 0.717) is 5.56 Å². The minimum Gasteiger partial charge on any atom is -0.497 e. The number of nitrogens with one attached hydrogen (secondary N) is 2. The largest absolute Gasteiger partial charge is 0.497 e. The van der Waals surface area contributed by atoms with Crippen molar-refractivity contribution in [3.8, 4) is 5.75 Å². The third-order valence-corrected chi connectivity index (χ3v) is 3.37. The van der Waals surface area contributed by atoms with Gasteiger partial charge >= 0.3 is 0 Å². The van der Waals surface area contributed by atoms with Gasteiger partial charge in [0, 0.05) is 18.4 Å². The van der Waals surface area contributed by atoms with Crippen molar-refractivity contribution in [1.29, 1.82) is 0 Å². The van der Waals surface area contributed by atoms with E-state index in [1.54, 1.807) is 7.11 Å². The summed E-state index contributed by atoms with van der Waals surface area (Å²) in [6.45, 7) is 3.93. The molecule has 0 aliphatic carbocycles. The first-order valence-electron chi connectivity index (χ1n) is 6.79. The van der Waals surface area contributed by atoms with E-state index in [1.807, 2.05) is 57.3 Å². The first-order chi connectivity index (χ1) is 10.0. The van der Waals surface area contributed by atoms with E-state index in [2.05, 4.69) is 10.6 Å². The molecule has 0 fully saturated rings. The quantitative estimate of drug-likeness (QED) is 0.901. The van der Waals surface area contributed by atoms with Crippen LogP contribution in [0, 0.1) is 13.8 Å². The van der Waals surface area contributed by atoms with E-state index in [0.717, 1.165) is 28.3 Å². The molecule has 4 heteroatoms. The normalized spacial score (nSPS) is 10.1. The molecule has 0 heterocycles. The number of amides is 1. The SMILES string of the molecule is CNc1cc(C)ccc1C(=O)Nc1ccc(OC)cc1C. The number of rotatable bonds is 4. The van der Waals surface area contributed by atoms with Crippen LogP contribution in [0.2, 0.25) is 0 Å². The summed E-state index contributed by atoms with van der Waals surface area (Å²) < 4.78 is 5.17. The highest BCUT2D eigenvalue weighted by molar-refractivity contribution is 6.08. The smallest absolute Gasteiger partial charge is 0.257 e. The second-order valence-corrected chi connectivity index (χ2v) is 4.93. The van der Waals surface area contributed by atoms with E-state index in [-0.39, 0.29) is 5.91 Å². The van der Waals surface area contributed by atoms with Crippen molar-refractivity contribution in [3.05, 3.63) is 53.1 Å². The number of hydrogen-bond donors (Lipinski definition) is 2. The molecular formula is C17H20N2O2. The third-order valence-electron chi connectivity index (χ3n) is 3.37. The van der Waals surface area contributed by atoms with Crippen molar-refractivity contribution < 1.29 is 9.53 Å². The number of carbonyl (C=O) groups excluding carboxylic acids is 1. The van der Waals surface area contributed by atoms with Gasteiger partial charge in [0.05, 0.1) is 12.7 Å². The monoisotopic (exact) mass is 284 g/mol. The molecule has 0 aliphatic heterocycles. The summed E-state index contributed by atoms with van der Waals surface area (Å²) in [5.41, 5.74) is 4.29. The standard InChI is InChI=1S/C17H20N2O2/c1-11-5-7-14(16(9-11)18-3)17(20)19-15-8-6-13(21-4)10-12(15)2/h5-10,18H,1-4H3,(H,19,20). The molecule has 0 saturated carbocycles. The average Bonchev–Trinajstić information content (AvgIpc) is 2.48. The number of aryl methyl sites for hydroxylation is 2. The Labute approximate surface area is 125 Å². The van der Waals surface area contributed by atoms with E-state index < -0.39 is 0 Å². The zero-order valence-electron chi connectivity index (χ0n) is 12.8. The predicted octanol–water partition coefficient (Wildman–Crippen LogP) is 3.61. The lowest BCUT2D eigenvalue weighted by Crippen LogP contribution is -2.14. The van der Waals surface area contributed by atoms with Crippen LogP contribution in [-0.2, 0) is 0 Å². The number of hydrogen-bond acceptors (Lipinski definition) is 3. The molecule has 0 atom stereocenters. The van der Waals surface area contributed by atoms with Crippen LogP contribution in [0.15, 0.2) is 36.4 Å². The molecule has 4 nitrogen and oxygen atoms in total. The first-order valence-corrected chi connectivity index (χ1v) is 6.79. The maximum Gasteiger partial charge on any atom is 0.257 e. The molecule has 2 N–H and O–H groups in total. The molecular weight excluding hydrogens is 264 g/mol. The number of carbonyl (C=O) groups is 1. The zero-order chi connectivity index (χ0) is 15.4. The van der Waals surface area contributed by atoms with Crippen molar-refractivity contribution >= 4 is 17.3 Å². The maximum absolute atomic E-state index is 12.4. The number of benzene rings is 2. The van der Waals surface area contributed by atoms with Gasteiger partial charge in [-0.1, -0.05) is 6.07 Å². The van der Waals surface area contributed by atoms with Gasteiger partial charge in [-0.3, -0.25) is 4.79 Å². The Kier molecular flexibility index (Phi) is 4.48. The first kappa shape index (κ1) is 14.9. The summed E-state index contributed by atoms with van der Waals surface area (Å²) >= 11 is 0. The highest BCUT2D eigenvalue weighted by Gasteiger charge is 2.12. The molecule has 0 radical (unpaired) electrons. The van der Waals surface area contributed by atoms with Crippen molar-refractivity contribution in [3.63, 3.8) is 0 Å². The van der Waals surface area contributed by atoms with Crippen molar-refractivity contribution in [2.24, 2.45) is 0 Å². The molecule has 1 amide bonds. The van der Waals surface area contributed by atoms with Gasteiger partial charge in [-0.25, -0.2) is 0 Å². The molecule has 2 aromatic rings. The van der Waals surface area contributed by atoms with Crippen LogP contribution in [0.1, 0.15) is 21.5 Å². The second kappa shape index (κ2) is 6.31. The Hall–Kier alpha value is -2.49. The van der Waals surface area contributed by atoms with Crippen LogP contribution in [0.3, 0.4) is 0 Å². The highest BCUT2D eigenvalue weighted by atomic mass is 16.5. The Morgan fingerprint density at radius 3 is 2.43 bits per heavy atom. The summed E-state index contributed by atoms with van der Waals surface area (Å²) in [7, 11) is 3.43. The molecule has 0 saturated heterocycles. The minimum atomic E-state index is -0.132. The predicted molar refractivity (Wildman–Crippen MR) is 86.4 cm³/mol. The van der Waals surface area contributed by atoms with Crippen LogP contribution in [-0.4, -0.2) is 20.1 Å². The fraction of sp³-hybridized carbons (Fsp3) is 0.235. The van der Waals surface area contributed by atoms with Gasteiger partial charge in [-0.2, -0.15) is 0 Å². The minimum absolute atomic E-state index is 0.132. The Morgan fingerprint density at radius 2 is 1.81 bits per heavy atom.